The first-order valence-corrected chi connectivity index (χ1v) is 6.84. The molecule has 1 aromatic carbocycles. The molecule has 0 unspecified atom stereocenters. The number of fused-ring (bicyclic) bond motifs is 1. The zero-order chi connectivity index (χ0) is 14.1. The van der Waals surface area contributed by atoms with Crippen LogP contribution in [0.4, 0.5) is 0 Å². The van der Waals surface area contributed by atoms with Crippen LogP contribution in [0.1, 0.15) is 19.4 Å². The quantitative estimate of drug-likeness (QED) is 0.713. The van der Waals surface area contributed by atoms with Gasteiger partial charge in [-0.05, 0) is 56.7 Å². The lowest BCUT2D eigenvalue weighted by Gasteiger charge is -2.09. The van der Waals surface area contributed by atoms with E-state index in [1.807, 2.05) is 44.2 Å². The van der Waals surface area contributed by atoms with Crippen molar-refractivity contribution in [3.63, 3.8) is 0 Å². The molecular weight excluding hydrogens is 248 g/mol. The molecule has 3 rings (SSSR count). The van der Waals surface area contributed by atoms with Crippen LogP contribution in [0.5, 0.6) is 5.75 Å². The van der Waals surface area contributed by atoms with Crippen LogP contribution in [0.3, 0.4) is 0 Å². The number of imidazole rings is 1. The summed E-state index contributed by atoms with van der Waals surface area (Å²) in [4.78, 5) is 4.64. The predicted molar refractivity (Wildman–Crippen MR) is 81.1 cm³/mol. The van der Waals surface area contributed by atoms with Gasteiger partial charge in [-0.15, -0.1) is 0 Å². The fraction of sp³-hybridized carbons (Fsp3) is 0.235. The smallest absolute Gasteiger partial charge is 0.137 e. The van der Waals surface area contributed by atoms with Gasteiger partial charge in [-0.2, -0.15) is 0 Å². The first-order chi connectivity index (χ1) is 9.61. The Labute approximate surface area is 118 Å². The van der Waals surface area contributed by atoms with Crippen molar-refractivity contribution in [3.8, 4) is 17.0 Å². The van der Waals surface area contributed by atoms with Crippen molar-refractivity contribution in [2.24, 2.45) is 0 Å². The third-order valence-electron chi connectivity index (χ3n) is 3.12. The molecule has 0 aliphatic carbocycles. The van der Waals surface area contributed by atoms with Crippen molar-refractivity contribution in [1.82, 2.24) is 9.38 Å². The molecule has 0 atom stereocenters. The maximum absolute atomic E-state index is 5.65. The summed E-state index contributed by atoms with van der Waals surface area (Å²) >= 11 is 0. The molecule has 0 aliphatic heterocycles. The number of pyridine rings is 1. The normalized spacial score (nSPS) is 11.2. The first kappa shape index (κ1) is 12.7. The maximum atomic E-state index is 5.65. The predicted octanol–water partition coefficient (Wildman–Crippen LogP) is 4.10. The molecule has 0 radical (unpaired) electrons. The van der Waals surface area contributed by atoms with E-state index in [4.69, 9.17) is 4.74 Å². The molecule has 0 amide bonds. The van der Waals surface area contributed by atoms with Crippen LogP contribution in [0, 0.1) is 6.92 Å². The monoisotopic (exact) mass is 266 g/mol. The molecule has 0 spiro atoms. The number of benzene rings is 1. The zero-order valence-electron chi connectivity index (χ0n) is 12.0. The van der Waals surface area contributed by atoms with Crippen molar-refractivity contribution in [3.05, 3.63) is 54.4 Å². The van der Waals surface area contributed by atoms with E-state index in [2.05, 4.69) is 34.8 Å². The number of aromatic nitrogens is 2. The first-order valence-electron chi connectivity index (χ1n) is 6.84. The second-order valence-corrected chi connectivity index (χ2v) is 5.29. The zero-order valence-corrected chi connectivity index (χ0v) is 12.0. The molecule has 0 saturated carbocycles. The van der Waals surface area contributed by atoms with E-state index in [-0.39, 0.29) is 6.10 Å². The van der Waals surface area contributed by atoms with E-state index in [0.29, 0.717) is 0 Å². The standard InChI is InChI=1S/C17H18N2O/c1-12(2)20-15-7-5-14(6-8-15)16-11-19-10-13(3)4-9-17(19)18-16/h4-12H,1-3H3. The van der Waals surface area contributed by atoms with E-state index in [1.165, 1.54) is 5.56 Å². The van der Waals surface area contributed by atoms with Gasteiger partial charge in [-0.1, -0.05) is 6.07 Å². The number of nitrogens with zero attached hydrogens (tertiary/aromatic N) is 2. The Morgan fingerprint density at radius 3 is 2.45 bits per heavy atom. The highest BCUT2D eigenvalue weighted by Crippen LogP contribution is 2.23. The molecule has 3 heteroatoms. The summed E-state index contributed by atoms with van der Waals surface area (Å²) < 4.78 is 7.71. The Kier molecular flexibility index (Phi) is 3.18. The van der Waals surface area contributed by atoms with Gasteiger partial charge in [0.1, 0.15) is 11.4 Å². The lowest BCUT2D eigenvalue weighted by molar-refractivity contribution is 0.242. The van der Waals surface area contributed by atoms with Crippen molar-refractivity contribution in [2.45, 2.75) is 26.9 Å². The van der Waals surface area contributed by atoms with Crippen LogP contribution in [0.25, 0.3) is 16.9 Å². The minimum absolute atomic E-state index is 0.194. The van der Waals surface area contributed by atoms with Gasteiger partial charge >= 0.3 is 0 Å². The van der Waals surface area contributed by atoms with Crippen molar-refractivity contribution < 1.29 is 4.74 Å². The number of ether oxygens (including phenoxy) is 1. The van der Waals surface area contributed by atoms with Gasteiger partial charge in [0.15, 0.2) is 0 Å². The highest BCUT2D eigenvalue weighted by molar-refractivity contribution is 5.63. The highest BCUT2D eigenvalue weighted by Gasteiger charge is 2.05. The van der Waals surface area contributed by atoms with Crippen LogP contribution >= 0.6 is 0 Å². The van der Waals surface area contributed by atoms with Gasteiger partial charge in [-0.25, -0.2) is 4.98 Å². The molecule has 0 N–H and O–H groups in total. The van der Waals surface area contributed by atoms with Gasteiger partial charge in [0, 0.05) is 18.0 Å². The van der Waals surface area contributed by atoms with Crippen LogP contribution < -0.4 is 4.74 Å². The van der Waals surface area contributed by atoms with E-state index < -0.39 is 0 Å². The molecule has 102 valence electrons. The van der Waals surface area contributed by atoms with Gasteiger partial charge in [0.2, 0.25) is 0 Å². The third kappa shape index (κ3) is 2.52. The van der Waals surface area contributed by atoms with E-state index >= 15 is 0 Å². The van der Waals surface area contributed by atoms with Crippen LogP contribution in [-0.4, -0.2) is 15.5 Å². The molecule has 2 aromatic heterocycles. The van der Waals surface area contributed by atoms with Gasteiger partial charge < -0.3 is 9.14 Å². The summed E-state index contributed by atoms with van der Waals surface area (Å²) in [6, 6.07) is 12.2. The SMILES string of the molecule is Cc1ccc2nc(-c3ccc(OC(C)C)cc3)cn2c1. The van der Waals surface area contributed by atoms with Crippen LogP contribution in [0.2, 0.25) is 0 Å². The topological polar surface area (TPSA) is 26.5 Å². The van der Waals surface area contributed by atoms with Gasteiger partial charge in [-0.3, -0.25) is 0 Å². The molecule has 0 fully saturated rings. The highest BCUT2D eigenvalue weighted by atomic mass is 16.5. The fourth-order valence-corrected chi connectivity index (χ4v) is 2.22. The largest absolute Gasteiger partial charge is 0.491 e. The van der Waals surface area contributed by atoms with Crippen molar-refractivity contribution >= 4 is 5.65 Å². The Morgan fingerprint density at radius 2 is 1.75 bits per heavy atom. The van der Waals surface area contributed by atoms with Gasteiger partial charge in [0.25, 0.3) is 0 Å². The summed E-state index contributed by atoms with van der Waals surface area (Å²) in [5.41, 5.74) is 4.27. The number of hydrogen-bond acceptors (Lipinski definition) is 2. The Balaban J connectivity index is 1.94. The minimum Gasteiger partial charge on any atom is -0.491 e. The summed E-state index contributed by atoms with van der Waals surface area (Å²) in [6.07, 6.45) is 4.34. The summed E-state index contributed by atoms with van der Waals surface area (Å²) in [6.45, 7) is 6.13. The Hall–Kier alpha value is -2.29. The lowest BCUT2D eigenvalue weighted by atomic mass is 10.1. The number of rotatable bonds is 3. The minimum atomic E-state index is 0.194. The van der Waals surface area contributed by atoms with E-state index in [9.17, 15) is 0 Å². The average molecular weight is 266 g/mol. The molecule has 0 bridgehead atoms. The summed E-state index contributed by atoms with van der Waals surface area (Å²) in [5.74, 6) is 0.892. The third-order valence-corrected chi connectivity index (χ3v) is 3.12. The van der Waals surface area contributed by atoms with Crippen molar-refractivity contribution in [2.75, 3.05) is 0 Å². The van der Waals surface area contributed by atoms with E-state index in [0.717, 1.165) is 22.7 Å². The molecule has 0 saturated heterocycles. The number of aryl methyl sites for hydroxylation is 1. The van der Waals surface area contributed by atoms with Crippen molar-refractivity contribution in [1.29, 1.82) is 0 Å². The molecule has 3 nitrogen and oxygen atoms in total. The lowest BCUT2D eigenvalue weighted by Crippen LogP contribution is -2.05. The molecule has 0 aliphatic rings. The summed E-state index contributed by atoms with van der Waals surface area (Å²) in [5, 5.41) is 0. The Bertz CT molecular complexity index is 726. The second kappa shape index (κ2) is 5.00. The summed E-state index contributed by atoms with van der Waals surface area (Å²) in [7, 11) is 0. The van der Waals surface area contributed by atoms with Crippen LogP contribution in [-0.2, 0) is 0 Å². The van der Waals surface area contributed by atoms with E-state index in [1.54, 1.807) is 0 Å². The number of hydrogen-bond donors (Lipinski definition) is 0. The molecule has 2 heterocycles. The van der Waals surface area contributed by atoms with Crippen LogP contribution in [0.15, 0.2) is 48.8 Å². The Morgan fingerprint density at radius 1 is 1.00 bits per heavy atom. The average Bonchev–Trinajstić information content (AvgIpc) is 2.81. The molecular formula is C17H18N2O. The fourth-order valence-electron chi connectivity index (χ4n) is 2.22. The molecule has 20 heavy (non-hydrogen) atoms. The van der Waals surface area contributed by atoms with Gasteiger partial charge in [0.05, 0.1) is 11.8 Å². The second-order valence-electron chi connectivity index (χ2n) is 5.29. The molecule has 3 aromatic rings. The maximum Gasteiger partial charge on any atom is 0.137 e.